The van der Waals surface area contributed by atoms with Crippen LogP contribution in [0.5, 0.6) is 0 Å². The van der Waals surface area contributed by atoms with E-state index in [0.29, 0.717) is 0 Å². The van der Waals surface area contributed by atoms with Gasteiger partial charge in [-0.2, -0.15) is 0 Å². The molecule has 2 aromatic rings. The third-order valence-electron chi connectivity index (χ3n) is 7.21. The molecule has 1 aliphatic heterocycles. The van der Waals surface area contributed by atoms with Gasteiger partial charge in [-0.1, -0.05) is 66.5 Å². The molecule has 0 bridgehead atoms. The van der Waals surface area contributed by atoms with Gasteiger partial charge in [0, 0.05) is 22.3 Å². The topological polar surface area (TPSA) is 25.3 Å². The first-order valence-corrected chi connectivity index (χ1v) is 13.7. The molecule has 0 fully saturated rings. The average Bonchev–Trinajstić information content (AvgIpc) is 3.15. The summed E-state index contributed by atoms with van der Waals surface area (Å²) < 4.78 is 1.55. The molecule has 0 saturated carbocycles. The van der Waals surface area contributed by atoms with Crippen molar-refractivity contribution < 1.29 is 4.70 Å². The van der Waals surface area contributed by atoms with E-state index >= 15 is 0 Å². The summed E-state index contributed by atoms with van der Waals surface area (Å²) in [5.74, 6) is 0. The van der Waals surface area contributed by atoms with Crippen LogP contribution in [0.2, 0.25) is 0 Å². The lowest BCUT2D eigenvalue weighted by Crippen LogP contribution is -2.05. The van der Waals surface area contributed by atoms with Gasteiger partial charge in [0.2, 0.25) is 11.4 Å². The summed E-state index contributed by atoms with van der Waals surface area (Å²) in [4.78, 5) is 0. The number of aryl methyl sites for hydroxylation is 4. The Hall–Kier alpha value is -2.48. The molecule has 0 radical (unpaired) electrons. The van der Waals surface area contributed by atoms with Crippen LogP contribution in [0.1, 0.15) is 113 Å². The predicted octanol–water partition coefficient (Wildman–Crippen LogP) is 9.49. The zero-order chi connectivity index (χ0) is 24.7. The van der Waals surface area contributed by atoms with E-state index in [-0.39, 0.29) is 0 Å². The molecular formula is C32H44N2. The van der Waals surface area contributed by atoms with Gasteiger partial charge in [0.05, 0.1) is 0 Å². The zero-order valence-electron chi connectivity index (χ0n) is 22.4. The molecule has 0 saturated heterocycles. The second-order valence-corrected chi connectivity index (χ2v) is 9.66. The van der Waals surface area contributed by atoms with Crippen molar-refractivity contribution in [1.29, 1.82) is 0 Å². The molecule has 1 heterocycles. The summed E-state index contributed by atoms with van der Waals surface area (Å²) >= 11 is 0. The van der Waals surface area contributed by atoms with Gasteiger partial charge in [-0.05, 0) is 97.9 Å². The van der Waals surface area contributed by atoms with E-state index in [4.69, 9.17) is 0 Å². The third-order valence-corrected chi connectivity index (χ3v) is 7.21. The lowest BCUT2D eigenvalue weighted by Gasteiger charge is -2.13. The highest BCUT2D eigenvalue weighted by atomic mass is 15.2. The van der Waals surface area contributed by atoms with E-state index in [1.807, 2.05) is 0 Å². The normalized spacial score (nSPS) is 14.0. The molecule has 0 unspecified atom stereocenters. The quantitative estimate of drug-likeness (QED) is 0.284. The van der Waals surface area contributed by atoms with Gasteiger partial charge < -0.3 is 5.53 Å². The van der Waals surface area contributed by atoms with E-state index in [1.54, 1.807) is 4.70 Å². The highest BCUT2D eigenvalue weighted by Gasteiger charge is 2.35. The first-order valence-electron chi connectivity index (χ1n) is 13.7. The van der Waals surface area contributed by atoms with Gasteiger partial charge >= 0.3 is 0 Å². The maximum Gasteiger partial charge on any atom is 0.211 e. The summed E-state index contributed by atoms with van der Waals surface area (Å²) in [7, 11) is 0. The van der Waals surface area contributed by atoms with Gasteiger partial charge in [0.15, 0.2) is 0 Å². The van der Waals surface area contributed by atoms with E-state index < -0.39 is 0 Å². The first-order chi connectivity index (χ1) is 16.5. The third kappa shape index (κ3) is 5.59. The number of unbranched alkanes of at least 4 members (excludes halogenated alkanes) is 2. The molecule has 0 N–H and O–H groups in total. The molecule has 2 heteroatoms. The highest BCUT2D eigenvalue weighted by molar-refractivity contribution is 5.82. The number of allylic oxidation sites excluding steroid dienone is 2. The van der Waals surface area contributed by atoms with Crippen molar-refractivity contribution in [3.05, 3.63) is 86.5 Å². The molecule has 0 spiro atoms. The lowest BCUT2D eigenvalue weighted by molar-refractivity contribution is -0.345. The Morgan fingerprint density at radius 1 is 0.529 bits per heavy atom. The predicted molar refractivity (Wildman–Crippen MR) is 147 cm³/mol. The van der Waals surface area contributed by atoms with Crippen molar-refractivity contribution in [2.45, 2.75) is 106 Å². The molecule has 0 aliphatic carbocycles. The standard InChI is InChI=1S/C32H44N2/c1-7-13-15-29-30(16-14-8-2)32(28-21-25(11-5)18-26(12-6)22-28)34(33)31(29)27-19-23(9-3)17-24(10-4)20-27/h17-22H,7-16H2,1-6H3. The number of nitrogens with zero attached hydrogens (tertiary/aromatic N) is 2. The fourth-order valence-corrected chi connectivity index (χ4v) is 5.11. The maximum atomic E-state index is 11.9. The molecule has 3 rings (SSSR count). The number of rotatable bonds is 12. The summed E-state index contributed by atoms with van der Waals surface area (Å²) in [6.45, 7) is 13.4. The van der Waals surface area contributed by atoms with Crippen LogP contribution in [0.4, 0.5) is 0 Å². The second kappa shape index (κ2) is 12.3. The van der Waals surface area contributed by atoms with Gasteiger partial charge in [-0.25, -0.2) is 4.70 Å². The maximum absolute atomic E-state index is 11.9. The summed E-state index contributed by atoms with van der Waals surface area (Å²) in [6, 6.07) is 13.8. The van der Waals surface area contributed by atoms with Crippen LogP contribution in [-0.4, -0.2) is 4.70 Å². The van der Waals surface area contributed by atoms with Crippen molar-refractivity contribution in [2.75, 3.05) is 0 Å². The minimum atomic E-state index is 1.01. The SMILES string of the molecule is CCCCC1=C(c2cc(CC)cc(CC)c2)[N+](=[N-])C(c2cc(CC)cc(CC)c2)=C1CCCC. The Morgan fingerprint density at radius 3 is 1.12 bits per heavy atom. The fourth-order valence-electron chi connectivity index (χ4n) is 5.11. The van der Waals surface area contributed by atoms with Crippen LogP contribution in [0.15, 0.2) is 47.5 Å². The molecular weight excluding hydrogens is 412 g/mol. The smallest absolute Gasteiger partial charge is 0.211 e. The van der Waals surface area contributed by atoms with Crippen LogP contribution in [0.3, 0.4) is 0 Å². The van der Waals surface area contributed by atoms with E-state index in [2.05, 4.69) is 77.9 Å². The molecule has 1 aliphatic rings. The molecule has 2 aromatic carbocycles. The van der Waals surface area contributed by atoms with Crippen molar-refractivity contribution in [3.8, 4) is 0 Å². The summed E-state index contributed by atoms with van der Waals surface area (Å²) in [6.07, 6.45) is 10.6. The molecule has 0 aromatic heterocycles. The van der Waals surface area contributed by atoms with Crippen molar-refractivity contribution in [1.82, 2.24) is 0 Å². The number of hydrogen-bond acceptors (Lipinski definition) is 0. The van der Waals surface area contributed by atoms with E-state index in [0.717, 1.165) is 86.7 Å². The minimum absolute atomic E-state index is 1.01. The first kappa shape index (κ1) is 26.1. The Kier molecular flexibility index (Phi) is 9.45. The summed E-state index contributed by atoms with van der Waals surface area (Å²) in [5.41, 5.74) is 24.3. The Bertz CT molecular complexity index is 954. The lowest BCUT2D eigenvalue weighted by atomic mass is 9.90. The van der Waals surface area contributed by atoms with Crippen molar-refractivity contribution >= 4 is 11.4 Å². The van der Waals surface area contributed by atoms with Crippen LogP contribution in [0.25, 0.3) is 16.9 Å². The van der Waals surface area contributed by atoms with Gasteiger partial charge in [0.25, 0.3) is 0 Å². The number of benzene rings is 2. The minimum Gasteiger partial charge on any atom is -0.493 e. The molecule has 182 valence electrons. The summed E-state index contributed by atoms with van der Waals surface area (Å²) in [5, 5.41) is 0. The Labute approximate surface area is 208 Å². The monoisotopic (exact) mass is 456 g/mol. The van der Waals surface area contributed by atoms with Crippen LogP contribution < -0.4 is 0 Å². The van der Waals surface area contributed by atoms with E-state index in [1.165, 1.54) is 33.4 Å². The van der Waals surface area contributed by atoms with Crippen LogP contribution >= 0.6 is 0 Å². The van der Waals surface area contributed by atoms with Crippen LogP contribution in [0, 0.1) is 0 Å². The van der Waals surface area contributed by atoms with Crippen molar-refractivity contribution in [3.63, 3.8) is 0 Å². The van der Waals surface area contributed by atoms with Gasteiger partial charge in [-0.15, -0.1) is 0 Å². The van der Waals surface area contributed by atoms with E-state index in [9.17, 15) is 5.53 Å². The van der Waals surface area contributed by atoms with Crippen LogP contribution in [-0.2, 0) is 25.7 Å². The highest BCUT2D eigenvalue weighted by Crippen LogP contribution is 2.45. The molecule has 0 amide bonds. The number of hydrogen-bond donors (Lipinski definition) is 0. The fraction of sp³-hybridized carbons (Fsp3) is 0.500. The molecule has 34 heavy (non-hydrogen) atoms. The van der Waals surface area contributed by atoms with Gasteiger partial charge in [-0.3, -0.25) is 0 Å². The zero-order valence-corrected chi connectivity index (χ0v) is 22.4. The Morgan fingerprint density at radius 2 is 0.853 bits per heavy atom. The van der Waals surface area contributed by atoms with Gasteiger partial charge in [0.1, 0.15) is 0 Å². The second-order valence-electron chi connectivity index (χ2n) is 9.66. The largest absolute Gasteiger partial charge is 0.493 e. The van der Waals surface area contributed by atoms with Crippen molar-refractivity contribution in [2.24, 2.45) is 0 Å². The molecule has 2 nitrogen and oxygen atoms in total. The average molecular weight is 457 g/mol. The molecule has 0 atom stereocenters. The Balaban J connectivity index is 2.26.